The van der Waals surface area contributed by atoms with Gasteiger partial charge in [0.25, 0.3) is 0 Å². The molecule has 0 aliphatic carbocycles. The predicted molar refractivity (Wildman–Crippen MR) is 117 cm³/mol. The molecular formula is C22H19F9N6O. The van der Waals surface area contributed by atoms with E-state index in [0.29, 0.717) is 29.2 Å². The fraction of sp³-hybridized carbons (Fsp3) is 0.409. The second-order valence-corrected chi connectivity index (χ2v) is 8.45. The molecule has 1 N–H and O–H groups in total. The molecule has 3 aromatic rings. The van der Waals surface area contributed by atoms with Crippen molar-refractivity contribution >= 4 is 17.3 Å². The number of nitrogens with one attached hydrogen (secondary N) is 1. The van der Waals surface area contributed by atoms with Crippen LogP contribution in [-0.2, 0) is 12.4 Å². The summed E-state index contributed by atoms with van der Waals surface area (Å²) in [6, 6.07) is 2.98. The van der Waals surface area contributed by atoms with Crippen molar-refractivity contribution in [2.75, 3.05) is 29.9 Å². The standard InChI is InChI=1S/C22H19F9N6O/c1-2-14(12-6-8-36(10-12)13-5-7-32-16(9-13)21(26,27)28)33-19-34-18-15(38-11-20(23,24)25)3-4-17(22(29,30)31)37(18)35-19/h2-5,7,9,12,14H,1,6,8,10-11H2,(H,33,35). The lowest BCUT2D eigenvalue weighted by Crippen LogP contribution is -2.30. The van der Waals surface area contributed by atoms with E-state index in [1.165, 1.54) is 12.1 Å². The molecule has 7 nitrogen and oxygen atoms in total. The number of anilines is 2. The van der Waals surface area contributed by atoms with Gasteiger partial charge >= 0.3 is 18.5 Å². The summed E-state index contributed by atoms with van der Waals surface area (Å²) in [6.07, 6.45) is -11.3. The smallest absolute Gasteiger partial charge is 0.433 e. The Labute approximate surface area is 208 Å². The molecule has 1 aliphatic heterocycles. The summed E-state index contributed by atoms with van der Waals surface area (Å²) >= 11 is 0. The van der Waals surface area contributed by atoms with Gasteiger partial charge in [-0.25, -0.2) is 4.52 Å². The molecule has 0 radical (unpaired) electrons. The van der Waals surface area contributed by atoms with Gasteiger partial charge in [-0.05, 0) is 30.7 Å². The summed E-state index contributed by atoms with van der Waals surface area (Å²) in [6.45, 7) is 2.60. The van der Waals surface area contributed by atoms with E-state index in [1.807, 2.05) is 0 Å². The van der Waals surface area contributed by atoms with Gasteiger partial charge < -0.3 is 15.0 Å². The Morgan fingerprint density at radius 1 is 1.08 bits per heavy atom. The third-order valence-corrected chi connectivity index (χ3v) is 5.81. The van der Waals surface area contributed by atoms with Gasteiger partial charge in [0.1, 0.15) is 11.4 Å². The number of aromatic nitrogens is 4. The number of hydrogen-bond acceptors (Lipinski definition) is 6. The van der Waals surface area contributed by atoms with Crippen LogP contribution in [0.15, 0.2) is 43.1 Å². The van der Waals surface area contributed by atoms with E-state index < -0.39 is 54.0 Å². The highest BCUT2D eigenvalue weighted by atomic mass is 19.4. The highest BCUT2D eigenvalue weighted by molar-refractivity contribution is 5.57. The van der Waals surface area contributed by atoms with E-state index in [1.54, 1.807) is 4.90 Å². The van der Waals surface area contributed by atoms with Crippen LogP contribution in [-0.4, -0.2) is 51.5 Å². The minimum atomic E-state index is -4.89. The SMILES string of the molecule is C=CC(Nc1nc2c(OCC(F)(F)F)ccc(C(F)(F)F)n2n1)C1CCN(c2ccnc(C(F)(F)F)c2)C1. The second kappa shape index (κ2) is 9.87. The normalized spacial score (nSPS) is 17.6. The zero-order valence-electron chi connectivity index (χ0n) is 19.2. The number of halogens is 9. The summed E-state index contributed by atoms with van der Waals surface area (Å²) in [5.74, 6) is -1.15. The zero-order valence-corrected chi connectivity index (χ0v) is 19.2. The number of pyridine rings is 2. The number of nitrogens with zero attached hydrogens (tertiary/aromatic N) is 5. The molecule has 206 valence electrons. The molecule has 2 atom stereocenters. The minimum absolute atomic E-state index is 0.260. The Morgan fingerprint density at radius 3 is 2.45 bits per heavy atom. The quantitative estimate of drug-likeness (QED) is 0.303. The number of hydrogen-bond donors (Lipinski definition) is 1. The van der Waals surface area contributed by atoms with E-state index in [4.69, 9.17) is 0 Å². The minimum Gasteiger partial charge on any atom is -0.480 e. The summed E-state index contributed by atoms with van der Waals surface area (Å²) in [5.41, 5.74) is -2.62. The first-order valence-electron chi connectivity index (χ1n) is 11.0. The lowest BCUT2D eigenvalue weighted by Gasteiger charge is -2.23. The van der Waals surface area contributed by atoms with Crippen LogP contribution in [0.2, 0.25) is 0 Å². The average molecular weight is 554 g/mol. The third-order valence-electron chi connectivity index (χ3n) is 5.81. The molecule has 3 aromatic heterocycles. The number of rotatable bonds is 7. The third kappa shape index (κ3) is 6.05. The van der Waals surface area contributed by atoms with E-state index in [2.05, 4.69) is 31.7 Å². The van der Waals surface area contributed by atoms with E-state index >= 15 is 0 Å². The van der Waals surface area contributed by atoms with Crippen LogP contribution in [0.4, 0.5) is 51.1 Å². The van der Waals surface area contributed by atoms with Crippen LogP contribution in [0.5, 0.6) is 5.75 Å². The monoisotopic (exact) mass is 554 g/mol. The fourth-order valence-corrected chi connectivity index (χ4v) is 4.09. The highest BCUT2D eigenvalue weighted by Gasteiger charge is 2.37. The maximum absolute atomic E-state index is 13.5. The first kappa shape index (κ1) is 27.3. The van der Waals surface area contributed by atoms with Gasteiger partial charge in [0.2, 0.25) is 5.95 Å². The van der Waals surface area contributed by atoms with Crippen molar-refractivity contribution in [1.82, 2.24) is 19.6 Å². The zero-order chi connectivity index (χ0) is 27.9. The molecule has 38 heavy (non-hydrogen) atoms. The molecule has 2 unspecified atom stereocenters. The second-order valence-electron chi connectivity index (χ2n) is 8.45. The Balaban J connectivity index is 1.56. The van der Waals surface area contributed by atoms with E-state index in [9.17, 15) is 39.5 Å². The highest BCUT2D eigenvalue weighted by Crippen LogP contribution is 2.35. The van der Waals surface area contributed by atoms with Gasteiger partial charge in [-0.3, -0.25) is 4.98 Å². The lowest BCUT2D eigenvalue weighted by atomic mass is 9.99. The van der Waals surface area contributed by atoms with Crippen LogP contribution in [0.3, 0.4) is 0 Å². The maximum atomic E-state index is 13.5. The summed E-state index contributed by atoms with van der Waals surface area (Å²) in [5, 5.41) is 6.60. The molecule has 0 spiro atoms. The van der Waals surface area contributed by atoms with Gasteiger partial charge in [0, 0.05) is 30.9 Å². The topological polar surface area (TPSA) is 67.6 Å². The molecule has 1 fully saturated rings. The first-order chi connectivity index (χ1) is 17.7. The van der Waals surface area contributed by atoms with Gasteiger partial charge in [0.15, 0.2) is 18.0 Å². The molecule has 1 aliphatic rings. The number of fused-ring (bicyclic) bond motifs is 1. The van der Waals surface area contributed by atoms with Crippen molar-refractivity contribution in [1.29, 1.82) is 0 Å². The van der Waals surface area contributed by atoms with Crippen LogP contribution in [0.1, 0.15) is 17.8 Å². The van der Waals surface area contributed by atoms with Crippen molar-refractivity contribution in [3.63, 3.8) is 0 Å². The lowest BCUT2D eigenvalue weighted by molar-refractivity contribution is -0.153. The van der Waals surface area contributed by atoms with Gasteiger partial charge in [0.05, 0.1) is 6.04 Å². The molecule has 0 amide bonds. The first-order valence-corrected chi connectivity index (χ1v) is 11.0. The average Bonchev–Trinajstić information content (AvgIpc) is 3.47. The van der Waals surface area contributed by atoms with Crippen LogP contribution in [0, 0.1) is 5.92 Å². The largest absolute Gasteiger partial charge is 0.480 e. The number of ether oxygens (including phenoxy) is 1. The van der Waals surface area contributed by atoms with Crippen LogP contribution >= 0.6 is 0 Å². The molecule has 0 saturated carbocycles. The van der Waals surface area contributed by atoms with Crippen LogP contribution in [0.25, 0.3) is 5.65 Å². The fourth-order valence-electron chi connectivity index (χ4n) is 4.09. The Bertz CT molecular complexity index is 1300. The molecule has 1 saturated heterocycles. The van der Waals surface area contributed by atoms with Gasteiger partial charge in [-0.15, -0.1) is 11.7 Å². The van der Waals surface area contributed by atoms with Crippen LogP contribution < -0.4 is 15.0 Å². The van der Waals surface area contributed by atoms with E-state index in [-0.39, 0.29) is 18.4 Å². The van der Waals surface area contributed by atoms with Crippen molar-refractivity contribution in [2.24, 2.45) is 5.92 Å². The molecule has 4 rings (SSSR count). The van der Waals surface area contributed by atoms with Crippen molar-refractivity contribution in [2.45, 2.75) is 31.0 Å². The van der Waals surface area contributed by atoms with E-state index in [0.717, 1.165) is 18.3 Å². The maximum Gasteiger partial charge on any atom is 0.433 e. The molecule has 4 heterocycles. The molecule has 0 aromatic carbocycles. The Hall–Kier alpha value is -3.72. The molecular weight excluding hydrogens is 535 g/mol. The van der Waals surface area contributed by atoms with Crippen molar-refractivity contribution in [3.05, 3.63) is 54.5 Å². The summed E-state index contributed by atoms with van der Waals surface area (Å²) < 4.78 is 122. The van der Waals surface area contributed by atoms with Gasteiger partial charge in [-0.2, -0.15) is 44.5 Å². The Morgan fingerprint density at radius 2 is 1.82 bits per heavy atom. The predicted octanol–water partition coefficient (Wildman–Crippen LogP) is 5.60. The van der Waals surface area contributed by atoms with Gasteiger partial charge in [-0.1, -0.05) is 6.08 Å². The molecule has 16 heteroatoms. The van der Waals surface area contributed by atoms with Crippen molar-refractivity contribution in [3.8, 4) is 5.75 Å². The summed E-state index contributed by atoms with van der Waals surface area (Å²) in [4.78, 5) is 8.95. The summed E-state index contributed by atoms with van der Waals surface area (Å²) in [7, 11) is 0. The molecule has 0 bridgehead atoms. The Kier molecular flexibility index (Phi) is 7.09. The van der Waals surface area contributed by atoms with Crippen molar-refractivity contribution < 1.29 is 44.3 Å². The number of alkyl halides is 9.